The van der Waals surface area contributed by atoms with Gasteiger partial charge in [0.1, 0.15) is 5.69 Å². The SMILES string of the molecule is Cc1cc(-c2c(-c3cccnc3)nc(N)[n+]3c(=O)n(CCC(F)(F)F)[nH]c23)cc(C)n1. The summed E-state index contributed by atoms with van der Waals surface area (Å²) in [5, 5.41) is 2.80. The number of nitrogens with one attached hydrogen (secondary N) is 1. The molecule has 4 aromatic heterocycles. The van der Waals surface area contributed by atoms with E-state index in [9.17, 15) is 18.0 Å². The summed E-state index contributed by atoms with van der Waals surface area (Å²) < 4.78 is 40.2. The number of hydrogen-bond acceptors (Lipinski definition) is 5. The Labute approximate surface area is 174 Å². The number of anilines is 1. The molecular weight excluding hydrogens is 411 g/mol. The maximum absolute atomic E-state index is 12.8. The van der Waals surface area contributed by atoms with E-state index >= 15 is 0 Å². The van der Waals surface area contributed by atoms with Crippen LogP contribution in [-0.2, 0) is 6.54 Å². The molecule has 0 fully saturated rings. The number of H-pyrrole nitrogens is 1. The highest BCUT2D eigenvalue weighted by Crippen LogP contribution is 2.33. The van der Waals surface area contributed by atoms with Gasteiger partial charge in [-0.25, -0.2) is 9.89 Å². The number of aryl methyl sites for hydroxylation is 3. The zero-order valence-electron chi connectivity index (χ0n) is 16.7. The topological polar surface area (TPSA) is 107 Å². The molecule has 0 aliphatic heterocycles. The number of nitrogen functional groups attached to an aromatic ring is 1. The van der Waals surface area contributed by atoms with Crippen LogP contribution in [0.15, 0.2) is 41.5 Å². The van der Waals surface area contributed by atoms with Crippen molar-refractivity contribution in [1.29, 1.82) is 0 Å². The molecule has 11 heteroatoms. The van der Waals surface area contributed by atoms with Gasteiger partial charge < -0.3 is 5.73 Å². The van der Waals surface area contributed by atoms with E-state index in [1.54, 1.807) is 24.5 Å². The van der Waals surface area contributed by atoms with Crippen molar-refractivity contribution in [2.24, 2.45) is 0 Å². The molecule has 0 radical (unpaired) electrons. The van der Waals surface area contributed by atoms with Crippen molar-refractivity contribution in [2.75, 3.05) is 5.73 Å². The fourth-order valence-corrected chi connectivity index (χ4v) is 3.51. The van der Waals surface area contributed by atoms with Gasteiger partial charge in [0.15, 0.2) is 0 Å². The third-order valence-electron chi connectivity index (χ3n) is 4.74. The van der Waals surface area contributed by atoms with Crippen LogP contribution in [0.3, 0.4) is 0 Å². The van der Waals surface area contributed by atoms with Gasteiger partial charge in [-0.3, -0.25) is 9.97 Å². The number of hydrogen-bond donors (Lipinski definition) is 2. The lowest BCUT2D eigenvalue weighted by Gasteiger charge is -2.09. The lowest BCUT2D eigenvalue weighted by Crippen LogP contribution is -2.44. The first-order chi connectivity index (χ1) is 14.6. The van der Waals surface area contributed by atoms with Gasteiger partial charge in [0.05, 0.1) is 18.5 Å². The van der Waals surface area contributed by atoms with E-state index in [2.05, 4.69) is 20.1 Å². The van der Waals surface area contributed by atoms with E-state index in [1.807, 2.05) is 26.0 Å². The molecule has 0 spiro atoms. The Kier molecular flexibility index (Phi) is 4.96. The summed E-state index contributed by atoms with van der Waals surface area (Å²) in [6.07, 6.45) is -2.36. The highest BCUT2D eigenvalue weighted by atomic mass is 19.4. The smallest absolute Gasteiger partial charge is 0.319 e. The van der Waals surface area contributed by atoms with Gasteiger partial charge in [-0.15, -0.1) is 9.38 Å². The second-order valence-electron chi connectivity index (χ2n) is 7.17. The van der Waals surface area contributed by atoms with E-state index in [-0.39, 0.29) is 11.6 Å². The molecule has 0 unspecified atom stereocenters. The predicted octanol–water partition coefficient (Wildman–Crippen LogP) is 2.59. The van der Waals surface area contributed by atoms with Crippen molar-refractivity contribution in [3.05, 3.63) is 58.5 Å². The Morgan fingerprint density at radius 3 is 2.48 bits per heavy atom. The summed E-state index contributed by atoms with van der Waals surface area (Å²) >= 11 is 0. The molecular formula is C20H19F3N7O+. The number of nitrogens with zero attached hydrogens (tertiary/aromatic N) is 5. The average Bonchev–Trinajstić information content (AvgIpc) is 3.02. The molecule has 160 valence electrons. The normalized spacial score (nSPS) is 11.9. The molecule has 0 bridgehead atoms. The molecule has 8 nitrogen and oxygen atoms in total. The number of nitrogens with two attached hydrogens (primary N) is 1. The second-order valence-corrected chi connectivity index (χ2v) is 7.17. The largest absolute Gasteiger partial charge is 0.428 e. The highest BCUT2D eigenvalue weighted by molar-refractivity contribution is 5.88. The van der Waals surface area contributed by atoms with Gasteiger partial charge in [0.25, 0.3) is 0 Å². The van der Waals surface area contributed by atoms with Crippen molar-refractivity contribution >= 4 is 11.6 Å². The zero-order valence-corrected chi connectivity index (χ0v) is 16.7. The van der Waals surface area contributed by atoms with Crippen LogP contribution in [0, 0.1) is 13.8 Å². The second kappa shape index (κ2) is 7.49. The summed E-state index contributed by atoms with van der Waals surface area (Å²) in [6.45, 7) is 3.08. The van der Waals surface area contributed by atoms with E-state index in [0.717, 1.165) is 20.5 Å². The Balaban J connectivity index is 2.05. The number of aromatic nitrogens is 6. The number of pyridine rings is 2. The number of alkyl halides is 3. The fourth-order valence-electron chi connectivity index (χ4n) is 3.51. The first kappa shape index (κ1) is 20.5. The average molecular weight is 430 g/mol. The molecule has 4 heterocycles. The summed E-state index contributed by atoms with van der Waals surface area (Å²) in [6, 6.07) is 7.14. The molecule has 0 aromatic carbocycles. The lowest BCUT2D eigenvalue weighted by molar-refractivity contribution is -0.516. The Morgan fingerprint density at radius 1 is 1.16 bits per heavy atom. The van der Waals surface area contributed by atoms with Crippen LogP contribution in [0.4, 0.5) is 19.1 Å². The molecule has 0 aliphatic carbocycles. The minimum atomic E-state index is -4.41. The summed E-state index contributed by atoms with van der Waals surface area (Å²) in [7, 11) is 0. The van der Waals surface area contributed by atoms with Crippen LogP contribution >= 0.6 is 0 Å². The molecule has 4 rings (SSSR count). The van der Waals surface area contributed by atoms with E-state index < -0.39 is 24.8 Å². The molecule has 0 amide bonds. The molecule has 3 N–H and O–H groups in total. The maximum Gasteiger partial charge on any atom is 0.428 e. The number of aromatic amines is 1. The quantitative estimate of drug-likeness (QED) is 0.484. The number of halogens is 3. The zero-order chi connectivity index (χ0) is 22.3. The summed E-state index contributed by atoms with van der Waals surface area (Å²) in [5.74, 6) is -0.146. The number of fused-ring (bicyclic) bond motifs is 1. The molecule has 31 heavy (non-hydrogen) atoms. The van der Waals surface area contributed by atoms with Gasteiger partial charge in [0.2, 0.25) is 5.65 Å². The lowest BCUT2D eigenvalue weighted by atomic mass is 10.0. The standard InChI is InChI=1S/C20H18F3N7O/c1-11-8-14(9-12(2)26-11)15-16(13-4-3-6-25-10-13)27-18(24)30-17(15)28-29(19(30)31)7-5-20(21,22)23/h3-4,6,8-10H,5,7H2,1-2H3,(H2,24,26,27,28)/p+1. The summed E-state index contributed by atoms with van der Waals surface area (Å²) in [4.78, 5) is 25.7. The molecule has 0 aliphatic rings. The van der Waals surface area contributed by atoms with Crippen LogP contribution in [0.2, 0.25) is 0 Å². The first-order valence-corrected chi connectivity index (χ1v) is 9.41. The van der Waals surface area contributed by atoms with Crippen molar-refractivity contribution in [1.82, 2.24) is 24.7 Å². The van der Waals surface area contributed by atoms with Crippen molar-refractivity contribution in [3.8, 4) is 22.4 Å². The van der Waals surface area contributed by atoms with Crippen molar-refractivity contribution in [2.45, 2.75) is 33.0 Å². The maximum atomic E-state index is 12.8. The van der Waals surface area contributed by atoms with Gasteiger partial charge in [0, 0.05) is 29.3 Å². The molecule has 0 saturated heterocycles. The third kappa shape index (κ3) is 3.98. The first-order valence-electron chi connectivity index (χ1n) is 9.41. The van der Waals surface area contributed by atoms with Crippen LogP contribution in [0.25, 0.3) is 28.0 Å². The van der Waals surface area contributed by atoms with Crippen LogP contribution < -0.4 is 15.8 Å². The Morgan fingerprint density at radius 2 is 1.87 bits per heavy atom. The van der Waals surface area contributed by atoms with E-state index in [0.29, 0.717) is 22.4 Å². The Bertz CT molecular complexity index is 1310. The van der Waals surface area contributed by atoms with Gasteiger partial charge in [-0.05, 0) is 43.7 Å². The molecule has 4 aromatic rings. The minimum Gasteiger partial charge on any atom is -0.319 e. The monoisotopic (exact) mass is 430 g/mol. The predicted molar refractivity (Wildman–Crippen MR) is 107 cm³/mol. The van der Waals surface area contributed by atoms with E-state index in [1.165, 1.54) is 0 Å². The van der Waals surface area contributed by atoms with Crippen LogP contribution in [-0.4, -0.2) is 30.9 Å². The van der Waals surface area contributed by atoms with Crippen molar-refractivity contribution in [3.63, 3.8) is 0 Å². The summed E-state index contributed by atoms with van der Waals surface area (Å²) in [5.41, 5.74) is 9.33. The van der Waals surface area contributed by atoms with Gasteiger partial charge in [-0.2, -0.15) is 17.9 Å². The van der Waals surface area contributed by atoms with Gasteiger partial charge >= 0.3 is 17.8 Å². The van der Waals surface area contributed by atoms with Crippen LogP contribution in [0.1, 0.15) is 17.8 Å². The van der Waals surface area contributed by atoms with Gasteiger partial charge in [-0.1, -0.05) is 0 Å². The fraction of sp³-hybridized carbons (Fsp3) is 0.250. The van der Waals surface area contributed by atoms with Crippen LogP contribution in [0.5, 0.6) is 0 Å². The Hall–Kier alpha value is -3.76. The molecule has 0 atom stereocenters. The minimum absolute atomic E-state index is 0.146. The third-order valence-corrected chi connectivity index (χ3v) is 4.74. The molecule has 0 saturated carbocycles. The number of rotatable bonds is 4. The van der Waals surface area contributed by atoms with E-state index in [4.69, 9.17) is 5.73 Å². The highest BCUT2D eigenvalue weighted by Gasteiger charge is 2.30. The van der Waals surface area contributed by atoms with Crippen molar-refractivity contribution < 1.29 is 17.6 Å².